The van der Waals surface area contributed by atoms with Gasteiger partial charge < -0.3 is 10.3 Å². The number of nitrogens with zero attached hydrogens (tertiary/aromatic N) is 3. The van der Waals surface area contributed by atoms with Crippen LogP contribution in [0.25, 0.3) is 55.5 Å². The third-order valence-corrected chi connectivity index (χ3v) is 8.78. The number of nitrogens with two attached hydrogens (primary N) is 1. The van der Waals surface area contributed by atoms with Gasteiger partial charge in [-0.05, 0) is 66.5 Å². The molecule has 0 bridgehead atoms. The van der Waals surface area contributed by atoms with E-state index in [4.69, 9.17) is 10.7 Å². The van der Waals surface area contributed by atoms with E-state index >= 15 is 0 Å². The summed E-state index contributed by atoms with van der Waals surface area (Å²) in [6, 6.07) is 40.5. The lowest BCUT2D eigenvalue weighted by Gasteiger charge is -2.26. The van der Waals surface area contributed by atoms with Crippen LogP contribution in [-0.2, 0) is 0 Å². The van der Waals surface area contributed by atoms with Gasteiger partial charge in [0, 0.05) is 33.2 Å². The Balaban J connectivity index is 1.30. The lowest BCUT2D eigenvalue weighted by Crippen LogP contribution is -2.33. The van der Waals surface area contributed by atoms with Gasteiger partial charge in [0.1, 0.15) is 0 Å². The summed E-state index contributed by atoms with van der Waals surface area (Å²) in [5, 5.41) is 2.40. The number of para-hydroxylation sites is 3. The van der Waals surface area contributed by atoms with E-state index in [1.54, 1.807) is 6.08 Å². The smallest absolute Gasteiger partial charge is 0.205 e. The SMILES string of the molecule is C=C/C=C(\N=C(N)N1c2ccccc2-c2ccccc2-c2ccccc21)c1ccc2c(c1)c1ccccc1n2C1=CC=CCC1. The first-order valence-corrected chi connectivity index (χ1v) is 15.4. The lowest BCUT2D eigenvalue weighted by atomic mass is 9.95. The van der Waals surface area contributed by atoms with E-state index in [-0.39, 0.29) is 0 Å². The van der Waals surface area contributed by atoms with Gasteiger partial charge in [-0.25, -0.2) is 4.99 Å². The number of rotatable bonds is 4. The number of hydrogen-bond donors (Lipinski definition) is 1. The van der Waals surface area contributed by atoms with Crippen LogP contribution in [0.2, 0.25) is 0 Å². The molecule has 1 aromatic heterocycles. The van der Waals surface area contributed by atoms with Gasteiger partial charge in [0.2, 0.25) is 5.96 Å². The number of fused-ring (bicyclic) bond motifs is 8. The zero-order valence-electron chi connectivity index (χ0n) is 24.9. The van der Waals surface area contributed by atoms with Crippen LogP contribution in [0.1, 0.15) is 18.4 Å². The molecule has 5 aromatic carbocycles. The van der Waals surface area contributed by atoms with Crippen molar-refractivity contribution in [3.63, 3.8) is 0 Å². The maximum atomic E-state index is 7.04. The third kappa shape index (κ3) is 4.42. The first-order chi connectivity index (χ1) is 22.2. The predicted molar refractivity (Wildman–Crippen MR) is 191 cm³/mol. The first-order valence-electron chi connectivity index (χ1n) is 15.4. The van der Waals surface area contributed by atoms with E-state index in [0.717, 1.165) is 46.6 Å². The molecule has 2 N–H and O–H groups in total. The molecule has 0 saturated heterocycles. The van der Waals surface area contributed by atoms with E-state index in [1.165, 1.54) is 38.6 Å². The van der Waals surface area contributed by atoms with Crippen molar-refractivity contribution < 1.29 is 0 Å². The predicted octanol–water partition coefficient (Wildman–Crippen LogP) is 10.3. The molecule has 0 spiro atoms. The highest BCUT2D eigenvalue weighted by molar-refractivity contribution is 6.14. The summed E-state index contributed by atoms with van der Waals surface area (Å²) in [6.07, 6.45) is 12.4. The molecule has 0 saturated carbocycles. The molecule has 2 heterocycles. The minimum Gasteiger partial charge on any atom is -0.369 e. The Hall–Kier alpha value is -5.87. The van der Waals surface area contributed by atoms with Crippen LogP contribution in [0.4, 0.5) is 11.4 Å². The fraction of sp³-hybridized carbons (Fsp3) is 0.0488. The third-order valence-electron chi connectivity index (χ3n) is 8.78. The monoisotopic (exact) mass is 580 g/mol. The van der Waals surface area contributed by atoms with Crippen molar-refractivity contribution in [2.45, 2.75) is 12.8 Å². The molecular formula is C41H32N4. The highest BCUT2D eigenvalue weighted by Crippen LogP contribution is 2.47. The molecule has 1 aliphatic heterocycles. The molecule has 0 radical (unpaired) electrons. The maximum Gasteiger partial charge on any atom is 0.205 e. The second kappa shape index (κ2) is 11.0. The molecule has 0 atom stereocenters. The van der Waals surface area contributed by atoms with Gasteiger partial charge in [-0.3, -0.25) is 4.90 Å². The Bertz CT molecular complexity index is 2190. The van der Waals surface area contributed by atoms with Crippen molar-refractivity contribution in [3.8, 4) is 22.3 Å². The average Bonchev–Trinajstić information content (AvgIpc) is 3.36. The summed E-state index contributed by atoms with van der Waals surface area (Å²) in [6.45, 7) is 4.02. The molecule has 4 heteroatoms. The van der Waals surface area contributed by atoms with Gasteiger partial charge in [0.05, 0.1) is 28.1 Å². The number of guanidine groups is 1. The van der Waals surface area contributed by atoms with Crippen LogP contribution in [-0.4, -0.2) is 10.5 Å². The number of benzene rings is 5. The van der Waals surface area contributed by atoms with Gasteiger partial charge in [-0.1, -0.05) is 110 Å². The van der Waals surface area contributed by atoms with Crippen LogP contribution in [0.15, 0.2) is 157 Å². The normalized spacial score (nSPS) is 14.5. The molecule has 6 aromatic rings. The molecule has 0 unspecified atom stereocenters. The summed E-state index contributed by atoms with van der Waals surface area (Å²) >= 11 is 0. The van der Waals surface area contributed by atoms with Crippen molar-refractivity contribution in [2.24, 2.45) is 10.7 Å². The number of allylic oxidation sites excluding steroid dienone is 6. The fourth-order valence-corrected chi connectivity index (χ4v) is 6.82. The van der Waals surface area contributed by atoms with Crippen molar-refractivity contribution in [1.29, 1.82) is 0 Å². The van der Waals surface area contributed by atoms with Crippen LogP contribution in [0.5, 0.6) is 0 Å². The van der Waals surface area contributed by atoms with E-state index in [9.17, 15) is 0 Å². The van der Waals surface area contributed by atoms with Crippen LogP contribution in [0, 0.1) is 0 Å². The number of anilines is 2. The second-order valence-corrected chi connectivity index (χ2v) is 11.4. The molecule has 8 rings (SSSR count). The minimum absolute atomic E-state index is 0.387. The Labute approximate surface area is 263 Å². The number of hydrogen-bond acceptors (Lipinski definition) is 1. The van der Waals surface area contributed by atoms with Crippen molar-refractivity contribution >= 4 is 50.5 Å². The van der Waals surface area contributed by atoms with Crippen LogP contribution < -0.4 is 10.6 Å². The zero-order valence-corrected chi connectivity index (χ0v) is 24.9. The molecule has 216 valence electrons. The quantitative estimate of drug-likeness (QED) is 0.128. The zero-order chi connectivity index (χ0) is 30.3. The molecule has 2 aliphatic rings. The Kier molecular flexibility index (Phi) is 6.54. The Morgan fingerprint density at radius 2 is 1.33 bits per heavy atom. The molecular weight excluding hydrogens is 548 g/mol. The summed E-state index contributed by atoms with van der Waals surface area (Å²) in [7, 11) is 0. The largest absolute Gasteiger partial charge is 0.369 e. The van der Waals surface area contributed by atoms with Gasteiger partial charge >= 0.3 is 0 Å². The van der Waals surface area contributed by atoms with Gasteiger partial charge in [-0.15, -0.1) is 0 Å². The maximum absolute atomic E-state index is 7.04. The summed E-state index contributed by atoms with van der Waals surface area (Å²) in [5.74, 6) is 0.387. The topological polar surface area (TPSA) is 46.5 Å². The van der Waals surface area contributed by atoms with Crippen LogP contribution in [0.3, 0.4) is 0 Å². The van der Waals surface area contributed by atoms with Gasteiger partial charge in [-0.2, -0.15) is 0 Å². The first kappa shape index (κ1) is 26.7. The molecule has 0 amide bonds. The Morgan fingerprint density at radius 1 is 0.711 bits per heavy atom. The minimum atomic E-state index is 0.387. The standard InChI is InChI=1S/C41H32N4/c1-2-14-36(28-25-26-40-35(27-28)34-21-10-11-22-37(34)44(40)29-15-4-3-5-16-29)43-41(42)45-38-23-12-8-19-32(38)30-17-6-7-18-31(30)33-20-9-13-24-39(33)45/h2-4,6-15,17-27H,1,5,16H2,(H2,42,43)/b36-14-. The van der Waals surface area contributed by atoms with Gasteiger partial charge in [0.15, 0.2) is 0 Å². The van der Waals surface area contributed by atoms with Gasteiger partial charge in [0.25, 0.3) is 0 Å². The van der Waals surface area contributed by atoms with Crippen molar-refractivity contribution in [2.75, 3.05) is 4.90 Å². The van der Waals surface area contributed by atoms with Crippen molar-refractivity contribution in [3.05, 3.63) is 158 Å². The molecule has 1 aliphatic carbocycles. The van der Waals surface area contributed by atoms with E-state index < -0.39 is 0 Å². The number of aliphatic imine (C=N–C) groups is 1. The number of aromatic nitrogens is 1. The highest BCUT2D eigenvalue weighted by Gasteiger charge is 2.26. The fourth-order valence-electron chi connectivity index (χ4n) is 6.82. The van der Waals surface area contributed by atoms with Crippen molar-refractivity contribution in [1.82, 2.24) is 4.57 Å². The molecule has 45 heavy (non-hydrogen) atoms. The average molecular weight is 581 g/mol. The summed E-state index contributed by atoms with van der Waals surface area (Å²) < 4.78 is 2.40. The molecule has 0 fully saturated rings. The lowest BCUT2D eigenvalue weighted by molar-refractivity contribution is 0.979. The molecule has 4 nitrogen and oxygen atoms in total. The summed E-state index contributed by atoms with van der Waals surface area (Å²) in [4.78, 5) is 7.21. The Morgan fingerprint density at radius 3 is 2.00 bits per heavy atom. The summed E-state index contributed by atoms with van der Waals surface area (Å²) in [5.41, 5.74) is 19.0. The van der Waals surface area contributed by atoms with E-state index in [1.807, 2.05) is 6.08 Å². The van der Waals surface area contributed by atoms with E-state index in [2.05, 4.69) is 150 Å². The van der Waals surface area contributed by atoms with Crippen LogP contribution >= 0.6 is 0 Å². The highest BCUT2D eigenvalue weighted by atomic mass is 15.3. The second-order valence-electron chi connectivity index (χ2n) is 11.4. The van der Waals surface area contributed by atoms with E-state index in [0.29, 0.717) is 5.96 Å².